The largest absolute Gasteiger partial charge is 0.352 e. The molecule has 1 aliphatic carbocycles. The third-order valence-corrected chi connectivity index (χ3v) is 5.39. The van der Waals surface area contributed by atoms with Gasteiger partial charge in [-0.1, -0.05) is 23.7 Å². The third-order valence-electron chi connectivity index (χ3n) is 5.15. The summed E-state index contributed by atoms with van der Waals surface area (Å²) in [5.41, 5.74) is 2.77. The SMILES string of the molecule is O=C(CCCn1ccc2cc(Cl)ccc21)NCc1ccc(C(=O)NC2CC2)cc1. The van der Waals surface area contributed by atoms with Crippen LogP contribution in [0, 0.1) is 0 Å². The second kappa shape index (κ2) is 8.70. The Morgan fingerprint density at radius 2 is 1.86 bits per heavy atom. The molecule has 1 aliphatic rings. The van der Waals surface area contributed by atoms with E-state index in [1.54, 1.807) is 0 Å². The van der Waals surface area contributed by atoms with Crippen molar-refractivity contribution < 1.29 is 9.59 Å². The Hall–Kier alpha value is -2.79. The molecular formula is C23H24ClN3O2. The minimum atomic E-state index is -0.0251. The van der Waals surface area contributed by atoms with Gasteiger partial charge in [0.25, 0.3) is 5.91 Å². The molecule has 1 saturated carbocycles. The van der Waals surface area contributed by atoms with Gasteiger partial charge in [-0.2, -0.15) is 0 Å². The van der Waals surface area contributed by atoms with E-state index in [0.717, 1.165) is 47.3 Å². The van der Waals surface area contributed by atoms with Gasteiger partial charge in [0.05, 0.1) is 0 Å². The number of hydrogen-bond donors (Lipinski definition) is 2. The highest BCUT2D eigenvalue weighted by Crippen LogP contribution is 2.21. The zero-order valence-electron chi connectivity index (χ0n) is 16.2. The normalized spacial score (nSPS) is 13.4. The van der Waals surface area contributed by atoms with Gasteiger partial charge in [-0.15, -0.1) is 0 Å². The lowest BCUT2D eigenvalue weighted by Crippen LogP contribution is -2.25. The summed E-state index contributed by atoms with van der Waals surface area (Å²) in [5.74, 6) is 0.00273. The van der Waals surface area contributed by atoms with E-state index >= 15 is 0 Å². The molecule has 150 valence electrons. The summed E-state index contributed by atoms with van der Waals surface area (Å²) in [6.07, 6.45) is 5.41. The van der Waals surface area contributed by atoms with Gasteiger partial charge >= 0.3 is 0 Å². The van der Waals surface area contributed by atoms with E-state index in [1.165, 1.54) is 0 Å². The lowest BCUT2D eigenvalue weighted by Gasteiger charge is -2.08. The Morgan fingerprint density at radius 3 is 2.62 bits per heavy atom. The Bertz CT molecular complexity index is 1020. The van der Waals surface area contributed by atoms with Crippen LogP contribution in [-0.2, 0) is 17.9 Å². The van der Waals surface area contributed by atoms with Gasteiger partial charge < -0.3 is 15.2 Å². The third kappa shape index (κ3) is 5.18. The minimum absolute atomic E-state index is 0.0251. The molecule has 2 amide bonds. The van der Waals surface area contributed by atoms with Crippen LogP contribution in [0.25, 0.3) is 10.9 Å². The number of rotatable bonds is 8. The summed E-state index contributed by atoms with van der Waals surface area (Å²) in [5, 5.41) is 7.76. The minimum Gasteiger partial charge on any atom is -0.352 e. The van der Waals surface area contributed by atoms with Gasteiger partial charge in [0.1, 0.15) is 0 Å². The lowest BCUT2D eigenvalue weighted by atomic mass is 10.1. The van der Waals surface area contributed by atoms with Gasteiger partial charge in [0.15, 0.2) is 0 Å². The molecule has 0 radical (unpaired) electrons. The first-order valence-electron chi connectivity index (χ1n) is 9.99. The fourth-order valence-corrected chi connectivity index (χ4v) is 3.52. The number of carbonyl (C=O) groups is 2. The van der Waals surface area contributed by atoms with Gasteiger partial charge in [-0.3, -0.25) is 9.59 Å². The van der Waals surface area contributed by atoms with Crippen molar-refractivity contribution in [2.75, 3.05) is 0 Å². The Morgan fingerprint density at radius 1 is 1.07 bits per heavy atom. The average molecular weight is 410 g/mol. The van der Waals surface area contributed by atoms with Crippen molar-refractivity contribution in [1.82, 2.24) is 15.2 Å². The molecule has 3 aromatic rings. The Kier molecular flexibility index (Phi) is 5.86. The van der Waals surface area contributed by atoms with Crippen LogP contribution >= 0.6 is 11.6 Å². The van der Waals surface area contributed by atoms with Crippen molar-refractivity contribution in [3.05, 3.63) is 70.9 Å². The number of nitrogens with one attached hydrogen (secondary N) is 2. The topological polar surface area (TPSA) is 63.1 Å². The lowest BCUT2D eigenvalue weighted by molar-refractivity contribution is -0.121. The van der Waals surface area contributed by atoms with Crippen LogP contribution in [0.3, 0.4) is 0 Å². The molecule has 1 fully saturated rings. The molecular weight excluding hydrogens is 386 g/mol. The summed E-state index contributed by atoms with van der Waals surface area (Å²) in [6, 6.07) is 15.6. The number of benzene rings is 2. The van der Waals surface area contributed by atoms with Crippen LogP contribution in [0.1, 0.15) is 41.6 Å². The molecule has 6 heteroatoms. The zero-order valence-corrected chi connectivity index (χ0v) is 16.9. The average Bonchev–Trinajstić information content (AvgIpc) is 3.45. The first kappa shape index (κ1) is 19.5. The highest BCUT2D eigenvalue weighted by molar-refractivity contribution is 6.31. The molecule has 2 aromatic carbocycles. The van der Waals surface area contributed by atoms with Crippen LogP contribution in [-0.4, -0.2) is 22.4 Å². The number of aromatic nitrogens is 1. The molecule has 0 unspecified atom stereocenters. The predicted molar refractivity (Wildman–Crippen MR) is 115 cm³/mol. The number of amides is 2. The zero-order chi connectivity index (χ0) is 20.2. The van der Waals surface area contributed by atoms with Crippen molar-refractivity contribution in [3.63, 3.8) is 0 Å². The number of carbonyl (C=O) groups excluding carboxylic acids is 2. The van der Waals surface area contributed by atoms with E-state index in [1.807, 2.05) is 54.7 Å². The van der Waals surface area contributed by atoms with Crippen LogP contribution in [0.5, 0.6) is 0 Å². The number of fused-ring (bicyclic) bond motifs is 1. The number of halogens is 1. The summed E-state index contributed by atoms with van der Waals surface area (Å²) in [6.45, 7) is 1.25. The van der Waals surface area contributed by atoms with Crippen LogP contribution < -0.4 is 10.6 Å². The molecule has 0 aliphatic heterocycles. The summed E-state index contributed by atoms with van der Waals surface area (Å²) in [4.78, 5) is 24.2. The molecule has 2 N–H and O–H groups in total. The summed E-state index contributed by atoms with van der Waals surface area (Å²) in [7, 11) is 0. The van der Waals surface area contributed by atoms with Crippen molar-refractivity contribution in [2.24, 2.45) is 0 Å². The number of hydrogen-bond acceptors (Lipinski definition) is 2. The highest BCUT2D eigenvalue weighted by atomic mass is 35.5. The molecule has 1 heterocycles. The van der Waals surface area contributed by atoms with Crippen molar-refractivity contribution in [1.29, 1.82) is 0 Å². The molecule has 29 heavy (non-hydrogen) atoms. The van der Waals surface area contributed by atoms with E-state index < -0.39 is 0 Å². The van der Waals surface area contributed by atoms with Crippen molar-refractivity contribution >= 4 is 34.3 Å². The van der Waals surface area contributed by atoms with Gasteiger partial charge in [0, 0.05) is 53.2 Å². The van der Waals surface area contributed by atoms with Crippen LogP contribution in [0.15, 0.2) is 54.7 Å². The van der Waals surface area contributed by atoms with Crippen molar-refractivity contribution in [3.8, 4) is 0 Å². The smallest absolute Gasteiger partial charge is 0.251 e. The maximum absolute atomic E-state index is 12.2. The molecule has 0 spiro atoms. The summed E-state index contributed by atoms with van der Waals surface area (Å²) < 4.78 is 2.14. The van der Waals surface area contributed by atoms with E-state index in [0.29, 0.717) is 24.6 Å². The molecule has 5 nitrogen and oxygen atoms in total. The number of aryl methyl sites for hydroxylation is 1. The van der Waals surface area contributed by atoms with E-state index in [9.17, 15) is 9.59 Å². The van der Waals surface area contributed by atoms with Crippen LogP contribution in [0.2, 0.25) is 5.02 Å². The van der Waals surface area contributed by atoms with E-state index in [-0.39, 0.29) is 11.8 Å². The van der Waals surface area contributed by atoms with Gasteiger partial charge in [-0.25, -0.2) is 0 Å². The Labute approximate surface area is 175 Å². The molecule has 1 aromatic heterocycles. The number of nitrogens with zero attached hydrogens (tertiary/aromatic N) is 1. The maximum atomic E-state index is 12.2. The molecule has 0 atom stereocenters. The summed E-state index contributed by atoms with van der Waals surface area (Å²) >= 11 is 6.02. The fraction of sp³-hybridized carbons (Fsp3) is 0.304. The maximum Gasteiger partial charge on any atom is 0.251 e. The Balaban J connectivity index is 1.21. The van der Waals surface area contributed by atoms with Gasteiger partial charge in [0.2, 0.25) is 5.91 Å². The first-order valence-corrected chi connectivity index (χ1v) is 10.4. The second-order valence-corrected chi connectivity index (χ2v) is 7.97. The quantitative estimate of drug-likeness (QED) is 0.583. The van der Waals surface area contributed by atoms with E-state index in [4.69, 9.17) is 11.6 Å². The monoisotopic (exact) mass is 409 g/mol. The van der Waals surface area contributed by atoms with E-state index in [2.05, 4.69) is 15.2 Å². The molecule has 4 rings (SSSR count). The predicted octanol–water partition coefficient (Wildman–Crippen LogP) is 4.28. The second-order valence-electron chi connectivity index (χ2n) is 7.54. The van der Waals surface area contributed by atoms with Crippen LogP contribution in [0.4, 0.5) is 0 Å². The highest BCUT2D eigenvalue weighted by Gasteiger charge is 2.23. The molecule has 0 bridgehead atoms. The van der Waals surface area contributed by atoms with Gasteiger partial charge in [-0.05, 0) is 61.2 Å². The standard InChI is InChI=1S/C23H24ClN3O2/c24-19-7-10-21-18(14-19)11-13-27(21)12-1-2-22(28)25-15-16-3-5-17(6-4-16)23(29)26-20-8-9-20/h3-7,10-11,13-14,20H,1-2,8-9,12,15H2,(H,25,28)(H,26,29). The first-order chi connectivity index (χ1) is 14.1. The van der Waals surface area contributed by atoms with Crippen molar-refractivity contribution in [2.45, 2.75) is 44.8 Å². The fourth-order valence-electron chi connectivity index (χ4n) is 3.34. The molecule has 0 saturated heterocycles.